The average Bonchev–Trinajstić information content (AvgIpc) is 2.24. The van der Waals surface area contributed by atoms with Crippen LogP contribution >= 0.6 is 11.6 Å². The second-order valence-electron chi connectivity index (χ2n) is 3.83. The summed E-state index contributed by atoms with van der Waals surface area (Å²) in [5.74, 6) is 0. The zero-order chi connectivity index (χ0) is 14.8. The lowest BCUT2D eigenvalue weighted by molar-refractivity contribution is -0.137. The Morgan fingerprint density at radius 2 is 1.84 bits per heavy atom. The topological polar surface area (TPSA) is 49.7 Å². The van der Waals surface area contributed by atoms with Gasteiger partial charge < -0.3 is 4.90 Å². The molecular formula is C10H10ClF3N2O2S. The van der Waals surface area contributed by atoms with Crippen LogP contribution < -0.4 is 0 Å². The molecule has 0 bridgehead atoms. The normalized spacial score (nSPS) is 12.9. The van der Waals surface area contributed by atoms with E-state index in [1.807, 2.05) is 0 Å². The van der Waals surface area contributed by atoms with Crippen LogP contribution in [0.25, 0.3) is 0 Å². The van der Waals surface area contributed by atoms with Gasteiger partial charge in [0.15, 0.2) is 0 Å². The van der Waals surface area contributed by atoms with Crippen LogP contribution in [0, 0.1) is 0 Å². The molecule has 4 nitrogen and oxygen atoms in total. The van der Waals surface area contributed by atoms with Gasteiger partial charge in [-0.05, 0) is 18.2 Å². The van der Waals surface area contributed by atoms with Crippen molar-refractivity contribution in [3.05, 3.63) is 28.8 Å². The molecule has 0 fully saturated rings. The summed E-state index contributed by atoms with van der Waals surface area (Å²) in [4.78, 5) is 0.734. The van der Waals surface area contributed by atoms with Gasteiger partial charge in [0.05, 0.1) is 10.5 Å². The Hall–Kier alpha value is -1.28. The molecule has 0 unspecified atom stereocenters. The fraction of sp³-hybridized carbons (Fsp3) is 0.300. The minimum atomic E-state index is -4.68. The van der Waals surface area contributed by atoms with Gasteiger partial charge in [-0.2, -0.15) is 21.6 Å². The van der Waals surface area contributed by atoms with Crippen molar-refractivity contribution in [1.29, 1.82) is 0 Å². The molecule has 19 heavy (non-hydrogen) atoms. The van der Waals surface area contributed by atoms with E-state index in [1.54, 1.807) is 0 Å². The molecule has 0 N–H and O–H groups in total. The van der Waals surface area contributed by atoms with Gasteiger partial charge in [-0.15, -0.1) is 4.40 Å². The van der Waals surface area contributed by atoms with Crippen molar-refractivity contribution in [3.8, 4) is 0 Å². The maximum Gasteiger partial charge on any atom is 0.416 e. The van der Waals surface area contributed by atoms with Gasteiger partial charge >= 0.3 is 6.18 Å². The summed E-state index contributed by atoms with van der Waals surface area (Å²) in [6, 6.07) is 2.06. The standard InChI is InChI=1S/C10H10ClF3N2O2S/c1-16(2)6-15-19(17,18)9-4-7(10(12,13)14)3-8(11)5-9/h3-6H,1-2H3. The van der Waals surface area contributed by atoms with Crippen molar-refractivity contribution in [2.45, 2.75) is 11.1 Å². The van der Waals surface area contributed by atoms with Crippen molar-refractivity contribution >= 4 is 28.0 Å². The van der Waals surface area contributed by atoms with Crippen molar-refractivity contribution < 1.29 is 21.6 Å². The van der Waals surface area contributed by atoms with Crippen molar-refractivity contribution in [1.82, 2.24) is 4.90 Å². The monoisotopic (exact) mass is 314 g/mol. The minimum Gasteiger partial charge on any atom is -0.368 e. The number of halogens is 4. The van der Waals surface area contributed by atoms with Gasteiger partial charge in [-0.1, -0.05) is 11.6 Å². The SMILES string of the molecule is CN(C)C=NS(=O)(=O)c1cc(Cl)cc(C(F)(F)F)c1. The van der Waals surface area contributed by atoms with Gasteiger partial charge in [-0.25, -0.2) is 0 Å². The summed E-state index contributed by atoms with van der Waals surface area (Å²) in [6.07, 6.45) is -3.70. The number of hydrogen-bond acceptors (Lipinski definition) is 2. The first kappa shape index (κ1) is 15.8. The Morgan fingerprint density at radius 1 is 1.26 bits per heavy atom. The third-order valence-electron chi connectivity index (χ3n) is 1.91. The predicted octanol–water partition coefficient (Wildman–Crippen LogP) is 2.64. The molecule has 0 spiro atoms. The largest absolute Gasteiger partial charge is 0.416 e. The molecule has 9 heteroatoms. The van der Waals surface area contributed by atoms with Crippen LogP contribution in [0.15, 0.2) is 27.5 Å². The van der Waals surface area contributed by atoms with Gasteiger partial charge in [-0.3, -0.25) is 0 Å². The number of rotatable bonds is 3. The third kappa shape index (κ3) is 4.39. The molecule has 0 saturated carbocycles. The molecule has 0 aliphatic carbocycles. The van der Waals surface area contributed by atoms with E-state index >= 15 is 0 Å². The molecule has 0 aliphatic heterocycles. The zero-order valence-corrected chi connectivity index (χ0v) is 11.5. The van der Waals surface area contributed by atoms with E-state index in [0.29, 0.717) is 12.1 Å². The first-order chi connectivity index (χ1) is 8.52. The maximum absolute atomic E-state index is 12.6. The lowest BCUT2D eigenvalue weighted by atomic mass is 10.2. The molecule has 0 aromatic heterocycles. The van der Waals surface area contributed by atoms with E-state index in [2.05, 4.69) is 4.40 Å². The molecule has 0 amide bonds. The van der Waals surface area contributed by atoms with Gasteiger partial charge in [0, 0.05) is 19.1 Å². The van der Waals surface area contributed by atoms with Crippen LogP contribution in [0.1, 0.15) is 5.56 Å². The first-order valence-corrected chi connectivity index (χ1v) is 6.69. The fourth-order valence-corrected chi connectivity index (χ4v) is 2.38. The highest BCUT2D eigenvalue weighted by Crippen LogP contribution is 2.33. The Morgan fingerprint density at radius 3 is 2.32 bits per heavy atom. The highest BCUT2D eigenvalue weighted by Gasteiger charge is 2.32. The number of nitrogens with zero attached hydrogens (tertiary/aromatic N) is 2. The summed E-state index contributed by atoms with van der Waals surface area (Å²) < 4.78 is 64.3. The Bertz CT molecular complexity index is 597. The maximum atomic E-state index is 12.6. The molecule has 0 atom stereocenters. The number of alkyl halides is 3. The van der Waals surface area contributed by atoms with Gasteiger partial charge in [0.2, 0.25) is 0 Å². The summed E-state index contributed by atoms with van der Waals surface area (Å²) in [5, 5.41) is -0.326. The lowest BCUT2D eigenvalue weighted by Crippen LogP contribution is -2.11. The Balaban J connectivity index is 3.33. The van der Waals surface area contributed by atoms with E-state index in [4.69, 9.17) is 11.6 Å². The average molecular weight is 315 g/mol. The van der Waals surface area contributed by atoms with E-state index < -0.39 is 26.7 Å². The molecular weight excluding hydrogens is 305 g/mol. The highest BCUT2D eigenvalue weighted by atomic mass is 35.5. The van der Waals surface area contributed by atoms with Crippen LogP contribution in [-0.2, 0) is 16.2 Å². The molecule has 1 rings (SSSR count). The minimum absolute atomic E-state index is 0.326. The molecule has 0 radical (unpaired) electrons. The Kier molecular flexibility index (Phi) is 4.46. The van der Waals surface area contributed by atoms with E-state index in [-0.39, 0.29) is 5.02 Å². The molecule has 1 aromatic carbocycles. The van der Waals surface area contributed by atoms with Crippen molar-refractivity contribution in [3.63, 3.8) is 0 Å². The van der Waals surface area contributed by atoms with Crippen LogP contribution in [-0.4, -0.2) is 33.8 Å². The van der Waals surface area contributed by atoms with Crippen LogP contribution in [0.3, 0.4) is 0 Å². The summed E-state index contributed by atoms with van der Waals surface area (Å²) in [7, 11) is -1.17. The molecule has 106 valence electrons. The van der Waals surface area contributed by atoms with Gasteiger partial charge in [0.25, 0.3) is 10.0 Å². The predicted molar refractivity (Wildman–Crippen MR) is 65.8 cm³/mol. The number of benzene rings is 1. The number of sulfonamides is 1. The second-order valence-corrected chi connectivity index (χ2v) is 5.90. The summed E-state index contributed by atoms with van der Waals surface area (Å²) in [5.41, 5.74) is -1.14. The zero-order valence-electron chi connectivity index (χ0n) is 9.94. The smallest absolute Gasteiger partial charge is 0.368 e. The molecule has 0 aliphatic rings. The molecule has 0 heterocycles. The van der Waals surface area contributed by atoms with Crippen LogP contribution in [0.5, 0.6) is 0 Å². The molecule has 1 aromatic rings. The van der Waals surface area contributed by atoms with Crippen LogP contribution in [0.2, 0.25) is 5.02 Å². The first-order valence-electron chi connectivity index (χ1n) is 4.87. The van der Waals surface area contributed by atoms with E-state index in [9.17, 15) is 21.6 Å². The van der Waals surface area contributed by atoms with E-state index in [1.165, 1.54) is 19.0 Å². The fourth-order valence-electron chi connectivity index (χ4n) is 1.09. The highest BCUT2D eigenvalue weighted by molar-refractivity contribution is 7.90. The van der Waals surface area contributed by atoms with E-state index in [0.717, 1.165) is 12.4 Å². The third-order valence-corrected chi connectivity index (χ3v) is 3.33. The summed E-state index contributed by atoms with van der Waals surface area (Å²) in [6.45, 7) is 0. The van der Waals surface area contributed by atoms with Crippen molar-refractivity contribution in [2.24, 2.45) is 4.40 Å². The number of hydrogen-bond donors (Lipinski definition) is 0. The van der Waals surface area contributed by atoms with Crippen LogP contribution in [0.4, 0.5) is 13.2 Å². The summed E-state index contributed by atoms with van der Waals surface area (Å²) >= 11 is 5.50. The quantitative estimate of drug-likeness (QED) is 0.636. The second kappa shape index (κ2) is 5.38. The Labute approximate surface area is 113 Å². The lowest BCUT2D eigenvalue weighted by Gasteiger charge is -2.09. The molecule has 0 saturated heterocycles. The van der Waals surface area contributed by atoms with Crippen molar-refractivity contribution in [2.75, 3.05) is 14.1 Å². The van der Waals surface area contributed by atoms with Gasteiger partial charge in [0.1, 0.15) is 6.34 Å².